The Bertz CT molecular complexity index is 1080. The van der Waals surface area contributed by atoms with E-state index in [1.54, 1.807) is 16.7 Å². The fourth-order valence-corrected chi connectivity index (χ4v) is 9.32. The molecule has 5 rings (SSSR count). The fourth-order valence-electron chi connectivity index (χ4n) is 9.32. The summed E-state index contributed by atoms with van der Waals surface area (Å²) in [5, 5.41) is 10.8. The van der Waals surface area contributed by atoms with Crippen molar-refractivity contribution in [1.82, 2.24) is 0 Å². The van der Waals surface area contributed by atoms with Gasteiger partial charge >= 0.3 is 5.97 Å². The van der Waals surface area contributed by atoms with Crippen molar-refractivity contribution in [3.05, 3.63) is 58.7 Å². The number of esters is 1. The van der Waals surface area contributed by atoms with Crippen LogP contribution >= 0.6 is 0 Å². The van der Waals surface area contributed by atoms with Gasteiger partial charge in [0.1, 0.15) is 6.61 Å². The van der Waals surface area contributed by atoms with E-state index in [-0.39, 0.29) is 22.9 Å². The van der Waals surface area contributed by atoms with E-state index in [0.717, 1.165) is 31.2 Å². The number of hydrogen-bond acceptors (Lipinski definition) is 3. The van der Waals surface area contributed by atoms with Crippen molar-refractivity contribution in [3.8, 4) is 0 Å². The fraction of sp³-hybridized carbons (Fsp3) is 0.686. The first-order valence-electron chi connectivity index (χ1n) is 15.4. The van der Waals surface area contributed by atoms with E-state index in [4.69, 9.17) is 4.74 Å². The van der Waals surface area contributed by atoms with Crippen molar-refractivity contribution >= 4 is 5.97 Å². The first-order valence-corrected chi connectivity index (χ1v) is 15.4. The van der Waals surface area contributed by atoms with Crippen molar-refractivity contribution < 1.29 is 14.6 Å². The first kappa shape index (κ1) is 27.7. The van der Waals surface area contributed by atoms with E-state index >= 15 is 0 Å². The molecule has 0 saturated heterocycles. The molecule has 3 heteroatoms. The minimum Gasteiger partial charge on any atom is -0.461 e. The second-order valence-electron chi connectivity index (χ2n) is 14.1. The molecule has 0 heterocycles. The van der Waals surface area contributed by atoms with Crippen molar-refractivity contribution in [2.24, 2.45) is 34.0 Å². The first-order chi connectivity index (χ1) is 18.1. The molecular weight excluding hydrogens is 468 g/mol. The molecule has 0 bridgehead atoms. The van der Waals surface area contributed by atoms with Gasteiger partial charge in [-0.2, -0.15) is 0 Å². The van der Waals surface area contributed by atoms with E-state index in [0.29, 0.717) is 36.2 Å². The summed E-state index contributed by atoms with van der Waals surface area (Å²) in [6.07, 6.45) is 14.3. The van der Waals surface area contributed by atoms with Gasteiger partial charge < -0.3 is 9.84 Å². The van der Waals surface area contributed by atoms with Crippen molar-refractivity contribution in [2.45, 2.75) is 118 Å². The Kier molecular flexibility index (Phi) is 7.72. The molecule has 1 N–H and O–H groups in total. The van der Waals surface area contributed by atoms with Crippen LogP contribution in [0.25, 0.3) is 0 Å². The summed E-state index contributed by atoms with van der Waals surface area (Å²) in [6, 6.07) is 9.93. The minimum absolute atomic E-state index is 0.00135. The molecule has 0 radical (unpaired) electrons. The highest BCUT2D eigenvalue weighted by molar-refractivity contribution is 5.69. The third-order valence-corrected chi connectivity index (χ3v) is 11.6. The molecular formula is C35H50O3. The van der Waals surface area contributed by atoms with Gasteiger partial charge in [0.05, 0.1) is 6.10 Å². The lowest BCUT2D eigenvalue weighted by atomic mass is 9.46. The summed E-state index contributed by atoms with van der Waals surface area (Å²) in [5.41, 5.74) is 6.73. The van der Waals surface area contributed by atoms with Crippen molar-refractivity contribution in [2.75, 3.05) is 0 Å². The third kappa shape index (κ3) is 4.82. The molecule has 0 aliphatic heterocycles. The van der Waals surface area contributed by atoms with Gasteiger partial charge in [0, 0.05) is 6.42 Å². The topological polar surface area (TPSA) is 46.5 Å². The van der Waals surface area contributed by atoms with Crippen LogP contribution in [0.2, 0.25) is 0 Å². The van der Waals surface area contributed by atoms with Gasteiger partial charge in [0.15, 0.2) is 0 Å². The van der Waals surface area contributed by atoms with Crippen LogP contribution in [0.1, 0.15) is 111 Å². The third-order valence-electron chi connectivity index (χ3n) is 11.6. The maximum Gasteiger partial charge on any atom is 0.306 e. The Morgan fingerprint density at radius 1 is 1.03 bits per heavy atom. The molecule has 208 valence electrons. The summed E-state index contributed by atoms with van der Waals surface area (Å²) in [7, 11) is 0. The van der Waals surface area contributed by atoms with E-state index < -0.39 is 0 Å². The van der Waals surface area contributed by atoms with Gasteiger partial charge in [-0.25, -0.2) is 0 Å². The summed E-state index contributed by atoms with van der Waals surface area (Å²) < 4.78 is 5.47. The molecule has 0 spiro atoms. The van der Waals surface area contributed by atoms with Crippen LogP contribution in [0.5, 0.6) is 0 Å². The zero-order valence-electron chi connectivity index (χ0n) is 24.5. The van der Waals surface area contributed by atoms with Crippen molar-refractivity contribution in [3.63, 3.8) is 0 Å². The predicted octanol–water partition coefficient (Wildman–Crippen LogP) is 8.57. The van der Waals surface area contributed by atoms with E-state index in [1.807, 2.05) is 30.3 Å². The summed E-state index contributed by atoms with van der Waals surface area (Å²) in [6.45, 7) is 12.5. The second kappa shape index (κ2) is 10.6. The number of benzene rings is 1. The number of ether oxygens (including phenoxy) is 1. The number of aliphatic hydroxyl groups excluding tert-OH is 1. The molecule has 1 aromatic carbocycles. The predicted molar refractivity (Wildman–Crippen MR) is 154 cm³/mol. The highest BCUT2D eigenvalue weighted by Crippen LogP contribution is 2.66. The number of hydrogen-bond donors (Lipinski definition) is 1. The number of rotatable bonds is 8. The van der Waals surface area contributed by atoms with Crippen LogP contribution in [0, 0.1) is 34.0 Å². The Hall–Kier alpha value is -1.87. The van der Waals surface area contributed by atoms with Gasteiger partial charge in [-0.3, -0.25) is 4.79 Å². The summed E-state index contributed by atoms with van der Waals surface area (Å²) in [5.74, 6) is 1.86. The lowest BCUT2D eigenvalue weighted by molar-refractivity contribution is -0.145. The van der Waals surface area contributed by atoms with Crippen LogP contribution in [-0.4, -0.2) is 17.2 Å². The molecule has 0 amide bonds. The van der Waals surface area contributed by atoms with Gasteiger partial charge in [0.25, 0.3) is 0 Å². The van der Waals surface area contributed by atoms with Gasteiger partial charge in [0.2, 0.25) is 0 Å². The van der Waals surface area contributed by atoms with Crippen molar-refractivity contribution in [1.29, 1.82) is 0 Å². The van der Waals surface area contributed by atoms with E-state index in [1.165, 1.54) is 38.5 Å². The maximum atomic E-state index is 12.2. The highest BCUT2D eigenvalue weighted by Gasteiger charge is 2.57. The monoisotopic (exact) mass is 518 g/mol. The second-order valence-corrected chi connectivity index (χ2v) is 14.1. The standard InChI is InChI=1S/C35H50O3/c1-24(11-9-10-14-32(37)38-23-25-12-7-6-8-13-25)27-16-17-28-26-15-18-30-33(2,3)31(36)20-22-35(30,5)29(26)19-21-34(27,28)4/h6-8,12-13,17,24,27,30-31,36H,9-11,14-16,18-23H2,1-5H3/t24-,27-,30+,31+,34-,35-/m1/s1. The highest BCUT2D eigenvalue weighted by atomic mass is 16.5. The van der Waals surface area contributed by atoms with Crippen LogP contribution in [-0.2, 0) is 16.1 Å². The number of carbonyl (C=O) groups is 1. The number of allylic oxidation sites excluding steroid dienone is 4. The lowest BCUT2D eigenvalue weighted by Crippen LogP contribution is -2.53. The molecule has 1 saturated carbocycles. The smallest absolute Gasteiger partial charge is 0.306 e. The quantitative estimate of drug-likeness (QED) is 0.277. The van der Waals surface area contributed by atoms with E-state index in [2.05, 4.69) is 40.7 Å². The number of fused-ring (bicyclic) bond motifs is 4. The average molecular weight is 519 g/mol. The average Bonchev–Trinajstić information content (AvgIpc) is 3.26. The molecule has 1 fully saturated rings. The van der Waals surface area contributed by atoms with Gasteiger partial charge in [-0.05, 0) is 102 Å². The largest absolute Gasteiger partial charge is 0.461 e. The Morgan fingerprint density at radius 2 is 1.79 bits per heavy atom. The number of aliphatic hydroxyl groups is 1. The number of unbranched alkanes of at least 4 members (excludes halogenated alkanes) is 1. The molecule has 1 aromatic rings. The van der Waals surface area contributed by atoms with E-state index in [9.17, 15) is 9.90 Å². The van der Waals surface area contributed by atoms with Crippen LogP contribution in [0.3, 0.4) is 0 Å². The molecule has 0 unspecified atom stereocenters. The molecule has 3 nitrogen and oxygen atoms in total. The summed E-state index contributed by atoms with van der Waals surface area (Å²) in [4.78, 5) is 12.2. The molecule has 38 heavy (non-hydrogen) atoms. The van der Waals surface area contributed by atoms with Gasteiger partial charge in [-0.15, -0.1) is 0 Å². The maximum absolute atomic E-state index is 12.2. The zero-order valence-corrected chi connectivity index (χ0v) is 24.5. The minimum atomic E-state index is -0.168. The number of carbonyl (C=O) groups excluding carboxylic acids is 1. The van der Waals surface area contributed by atoms with Crippen LogP contribution < -0.4 is 0 Å². The zero-order chi connectivity index (χ0) is 27.1. The van der Waals surface area contributed by atoms with Crippen LogP contribution in [0.4, 0.5) is 0 Å². The molecule has 6 atom stereocenters. The Morgan fingerprint density at radius 3 is 2.55 bits per heavy atom. The Balaban J connectivity index is 1.17. The lowest BCUT2D eigenvalue weighted by Gasteiger charge is -2.59. The summed E-state index contributed by atoms with van der Waals surface area (Å²) >= 11 is 0. The van der Waals surface area contributed by atoms with Gasteiger partial charge in [-0.1, -0.05) is 89.4 Å². The molecule has 4 aliphatic rings. The van der Waals surface area contributed by atoms with Crippen LogP contribution in [0.15, 0.2) is 53.1 Å². The molecule has 0 aromatic heterocycles. The Labute approximate surface area is 231 Å². The SMILES string of the molecule is C[C@H](CCCCC(=O)OCc1ccccc1)[C@H]1CC=C2C3=C(CC[C@@]21C)[C@@]1(C)CC[C@H](O)C(C)(C)[C@@H]1CC3. The normalized spacial score (nSPS) is 34.6. The molecule has 4 aliphatic carbocycles.